The Morgan fingerprint density at radius 3 is 2.65 bits per heavy atom. The Bertz CT molecular complexity index is 772. The first-order chi connectivity index (χ1) is 12.3. The van der Waals surface area contributed by atoms with Crippen molar-refractivity contribution in [2.75, 3.05) is 20.3 Å². The number of esters is 1. The molecule has 1 aromatic heterocycles. The summed E-state index contributed by atoms with van der Waals surface area (Å²) in [5.74, 6) is -2.24. The van der Waals surface area contributed by atoms with E-state index in [-0.39, 0.29) is 23.7 Å². The van der Waals surface area contributed by atoms with E-state index in [4.69, 9.17) is 18.7 Å². The molecule has 0 radical (unpaired) electrons. The number of alkyl halides is 3. The average molecular weight is 377 g/mol. The Balaban J connectivity index is 2.44. The quantitative estimate of drug-likeness (QED) is 0.537. The Morgan fingerprint density at radius 1 is 1.31 bits per heavy atom. The molecule has 0 N–H and O–H groups in total. The van der Waals surface area contributed by atoms with Crippen LogP contribution in [0.3, 0.4) is 0 Å². The topological polar surface area (TPSA) is 70.8 Å². The first kappa shape index (κ1) is 19.5. The molecular weight excluding hydrogens is 362 g/mol. The van der Waals surface area contributed by atoms with Crippen molar-refractivity contribution in [3.63, 3.8) is 0 Å². The van der Waals surface area contributed by atoms with Gasteiger partial charge >= 0.3 is 12.1 Å². The van der Waals surface area contributed by atoms with Crippen molar-refractivity contribution < 1.29 is 41.1 Å². The molecule has 142 valence electrons. The fraction of sp³-hybridized carbons (Fsp3) is 0.375. The molecule has 1 aromatic carbocycles. The molecule has 0 unspecified atom stereocenters. The molecule has 2 rings (SSSR count). The molecular formula is C16H15F4NO5. The van der Waals surface area contributed by atoms with Crippen LogP contribution in [0.15, 0.2) is 22.7 Å². The third kappa shape index (κ3) is 4.64. The molecule has 0 saturated carbocycles. The van der Waals surface area contributed by atoms with Crippen molar-refractivity contribution in [1.29, 1.82) is 0 Å². The van der Waals surface area contributed by atoms with Crippen molar-refractivity contribution in [3.05, 3.63) is 29.7 Å². The minimum absolute atomic E-state index is 0.00343. The van der Waals surface area contributed by atoms with Gasteiger partial charge in [-0.1, -0.05) is 5.16 Å². The van der Waals surface area contributed by atoms with Crippen LogP contribution in [-0.4, -0.2) is 37.6 Å². The zero-order chi connectivity index (χ0) is 19.3. The van der Waals surface area contributed by atoms with Gasteiger partial charge in [0.25, 0.3) is 0 Å². The van der Waals surface area contributed by atoms with Crippen LogP contribution in [0, 0.1) is 5.82 Å². The molecule has 0 saturated heterocycles. The Morgan fingerprint density at radius 2 is 2.04 bits per heavy atom. The maximum absolute atomic E-state index is 14.1. The summed E-state index contributed by atoms with van der Waals surface area (Å²) in [6, 6.07) is 3.65. The smallest absolute Gasteiger partial charge is 0.392 e. The van der Waals surface area contributed by atoms with Crippen LogP contribution in [-0.2, 0) is 4.74 Å². The number of rotatable bonds is 7. The van der Waals surface area contributed by atoms with Crippen LogP contribution in [0.25, 0.3) is 11.3 Å². The molecule has 0 bridgehead atoms. The van der Waals surface area contributed by atoms with Crippen LogP contribution in [0.5, 0.6) is 11.5 Å². The molecule has 0 amide bonds. The van der Waals surface area contributed by atoms with E-state index >= 15 is 0 Å². The Hall–Kier alpha value is -2.78. The number of hydrogen-bond acceptors (Lipinski definition) is 6. The molecule has 0 fully saturated rings. The number of methoxy groups -OCH3 is 1. The zero-order valence-electron chi connectivity index (χ0n) is 13.9. The highest BCUT2D eigenvalue weighted by Gasteiger charge is 2.31. The van der Waals surface area contributed by atoms with Gasteiger partial charge in [0.2, 0.25) is 17.2 Å². The van der Waals surface area contributed by atoms with Gasteiger partial charge < -0.3 is 18.7 Å². The monoisotopic (exact) mass is 377 g/mol. The van der Waals surface area contributed by atoms with Gasteiger partial charge in [-0.3, -0.25) is 0 Å². The van der Waals surface area contributed by atoms with Gasteiger partial charge in [-0.2, -0.15) is 13.2 Å². The fourth-order valence-electron chi connectivity index (χ4n) is 1.99. The summed E-state index contributed by atoms with van der Waals surface area (Å²) in [6.45, 7) is 0.719. The molecule has 1 heterocycles. The van der Waals surface area contributed by atoms with Crippen LogP contribution in [0.2, 0.25) is 0 Å². The summed E-state index contributed by atoms with van der Waals surface area (Å²) in [5, 5.41) is 3.46. The number of ether oxygens (including phenoxy) is 3. The average Bonchev–Trinajstić information content (AvgIpc) is 2.98. The molecule has 0 spiro atoms. The van der Waals surface area contributed by atoms with Gasteiger partial charge in [0, 0.05) is 0 Å². The molecule has 0 atom stereocenters. The van der Waals surface area contributed by atoms with E-state index in [1.165, 1.54) is 26.2 Å². The van der Waals surface area contributed by atoms with E-state index in [0.717, 1.165) is 6.07 Å². The van der Waals surface area contributed by atoms with Gasteiger partial charge in [-0.15, -0.1) is 0 Å². The van der Waals surface area contributed by atoms with Crippen molar-refractivity contribution in [3.8, 4) is 22.8 Å². The lowest BCUT2D eigenvalue weighted by Gasteiger charge is -2.10. The maximum Gasteiger partial charge on any atom is 0.392 e. The van der Waals surface area contributed by atoms with Crippen LogP contribution >= 0.6 is 0 Å². The molecule has 0 aliphatic heterocycles. The predicted molar refractivity (Wildman–Crippen MR) is 80.6 cm³/mol. The number of carbonyl (C=O) groups is 1. The highest BCUT2D eigenvalue weighted by atomic mass is 19.4. The largest absolute Gasteiger partial charge is 0.497 e. The summed E-state index contributed by atoms with van der Waals surface area (Å²) in [5.41, 5.74) is -0.666. The lowest BCUT2D eigenvalue weighted by Crippen LogP contribution is -2.14. The third-order valence-corrected chi connectivity index (χ3v) is 3.17. The molecule has 2 aromatic rings. The van der Waals surface area contributed by atoms with Gasteiger partial charge in [-0.05, 0) is 25.1 Å². The molecule has 0 aliphatic carbocycles. The predicted octanol–water partition coefficient (Wildman–Crippen LogP) is 4.00. The molecule has 26 heavy (non-hydrogen) atoms. The summed E-state index contributed by atoms with van der Waals surface area (Å²) < 4.78 is 71.0. The number of benzene rings is 1. The van der Waals surface area contributed by atoms with E-state index < -0.39 is 42.4 Å². The third-order valence-electron chi connectivity index (χ3n) is 3.17. The summed E-state index contributed by atoms with van der Waals surface area (Å²) in [4.78, 5) is 11.9. The van der Waals surface area contributed by atoms with Crippen LogP contribution in [0.1, 0.15) is 23.8 Å². The lowest BCUT2D eigenvalue weighted by atomic mass is 10.1. The first-order valence-electron chi connectivity index (χ1n) is 7.47. The van der Waals surface area contributed by atoms with Crippen molar-refractivity contribution in [2.45, 2.75) is 19.5 Å². The number of nitrogens with zero attached hydrogens (tertiary/aromatic N) is 1. The minimum Gasteiger partial charge on any atom is -0.497 e. The van der Waals surface area contributed by atoms with Crippen LogP contribution < -0.4 is 9.47 Å². The highest BCUT2D eigenvalue weighted by Crippen LogP contribution is 2.37. The number of halogens is 4. The normalized spacial score (nSPS) is 11.3. The SMILES string of the molecule is CCOC(=O)c1noc(-c2cc(OC)ccc2F)c1OCCC(F)(F)F. The molecule has 0 aliphatic rings. The Kier molecular flexibility index (Phi) is 6.06. The number of hydrogen-bond donors (Lipinski definition) is 0. The number of carbonyl (C=O) groups excluding carboxylic acids is 1. The molecule has 6 nitrogen and oxygen atoms in total. The minimum atomic E-state index is -4.47. The van der Waals surface area contributed by atoms with E-state index in [1.807, 2.05) is 0 Å². The molecule has 10 heteroatoms. The van der Waals surface area contributed by atoms with Crippen molar-refractivity contribution in [1.82, 2.24) is 5.16 Å². The second-order valence-corrected chi connectivity index (χ2v) is 4.97. The van der Waals surface area contributed by atoms with E-state index in [0.29, 0.717) is 0 Å². The van der Waals surface area contributed by atoms with Gasteiger partial charge in [-0.25, -0.2) is 9.18 Å². The summed E-state index contributed by atoms with van der Waals surface area (Å²) in [7, 11) is 1.35. The van der Waals surface area contributed by atoms with Gasteiger partial charge in [0.1, 0.15) is 11.6 Å². The van der Waals surface area contributed by atoms with Crippen molar-refractivity contribution in [2.24, 2.45) is 0 Å². The van der Waals surface area contributed by atoms with Crippen LogP contribution in [0.4, 0.5) is 17.6 Å². The lowest BCUT2D eigenvalue weighted by molar-refractivity contribution is -0.139. The van der Waals surface area contributed by atoms with E-state index in [1.54, 1.807) is 0 Å². The zero-order valence-corrected chi connectivity index (χ0v) is 13.9. The first-order valence-corrected chi connectivity index (χ1v) is 7.47. The fourth-order valence-corrected chi connectivity index (χ4v) is 1.99. The number of aromatic nitrogens is 1. The second kappa shape index (κ2) is 8.07. The summed E-state index contributed by atoms with van der Waals surface area (Å²) >= 11 is 0. The van der Waals surface area contributed by atoms with E-state index in [2.05, 4.69) is 5.16 Å². The second-order valence-electron chi connectivity index (χ2n) is 4.97. The van der Waals surface area contributed by atoms with Gasteiger partial charge in [0.15, 0.2) is 0 Å². The standard InChI is InChI=1S/C16H15F4NO5/c1-3-24-15(22)12-14(25-7-6-16(18,19)20)13(26-21-12)10-8-9(23-2)4-5-11(10)17/h4-5,8H,3,6-7H2,1-2H3. The van der Waals surface area contributed by atoms with Gasteiger partial charge in [0.05, 0.1) is 32.3 Å². The van der Waals surface area contributed by atoms with E-state index in [9.17, 15) is 22.4 Å². The summed E-state index contributed by atoms with van der Waals surface area (Å²) in [6.07, 6.45) is -5.75. The Labute approximate surface area is 145 Å². The van der Waals surface area contributed by atoms with Crippen molar-refractivity contribution >= 4 is 5.97 Å². The highest BCUT2D eigenvalue weighted by molar-refractivity contribution is 5.92. The maximum atomic E-state index is 14.1.